The van der Waals surface area contributed by atoms with Gasteiger partial charge in [0.25, 0.3) is 0 Å². The van der Waals surface area contributed by atoms with Crippen LogP contribution in [0.5, 0.6) is 0 Å². The van der Waals surface area contributed by atoms with Crippen LogP contribution in [0.15, 0.2) is 30.3 Å². The molecule has 1 atom stereocenters. The summed E-state index contributed by atoms with van der Waals surface area (Å²) in [4.78, 5) is 36.2. The number of carbonyl (C=O) groups excluding carboxylic acids is 2. The van der Waals surface area contributed by atoms with Gasteiger partial charge in [0.1, 0.15) is 0 Å². The van der Waals surface area contributed by atoms with Gasteiger partial charge in [0.2, 0.25) is 5.91 Å². The number of hydrogen-bond donors (Lipinski definition) is 3. The summed E-state index contributed by atoms with van der Waals surface area (Å²) < 4.78 is 0. The van der Waals surface area contributed by atoms with Gasteiger partial charge in [0.05, 0.1) is 0 Å². The number of benzene rings is 1. The summed E-state index contributed by atoms with van der Waals surface area (Å²) >= 11 is 0. The van der Waals surface area contributed by atoms with Crippen molar-refractivity contribution in [2.24, 2.45) is 0 Å². The first-order valence-corrected chi connectivity index (χ1v) is 6.68. The Balaban J connectivity index is 2.05. The van der Waals surface area contributed by atoms with Crippen molar-refractivity contribution in [1.82, 2.24) is 15.5 Å². The monoisotopic (exact) mass is 291 g/mol. The number of nitrogens with one attached hydrogen (secondary N) is 2. The van der Waals surface area contributed by atoms with Crippen LogP contribution < -0.4 is 10.6 Å². The van der Waals surface area contributed by atoms with Gasteiger partial charge in [-0.2, -0.15) is 0 Å². The molecule has 0 unspecified atom stereocenters. The van der Waals surface area contributed by atoms with E-state index in [4.69, 9.17) is 0 Å². The number of nitrogens with zero attached hydrogens (tertiary/aromatic N) is 1. The van der Waals surface area contributed by atoms with Crippen molar-refractivity contribution in [3.63, 3.8) is 0 Å². The minimum absolute atomic E-state index is 0.108. The first-order chi connectivity index (χ1) is 10.1. The number of urea groups is 1. The summed E-state index contributed by atoms with van der Waals surface area (Å²) in [5.74, 6) is -1.23. The van der Waals surface area contributed by atoms with E-state index in [2.05, 4.69) is 10.6 Å². The minimum Gasteiger partial charge on any atom is -0.479 e. The molecule has 112 valence electrons. The quantitative estimate of drug-likeness (QED) is 0.748. The van der Waals surface area contributed by atoms with Crippen LogP contribution in [-0.2, 0) is 9.59 Å². The molecular formula is C14H17N3O4. The fraction of sp³-hybridized carbons (Fsp3) is 0.357. The lowest BCUT2D eigenvalue weighted by atomic mass is 10.1. The third-order valence-electron chi connectivity index (χ3n) is 3.25. The Hall–Kier alpha value is -2.57. The van der Waals surface area contributed by atoms with Crippen molar-refractivity contribution in [2.45, 2.75) is 12.5 Å². The number of aliphatic carboxylic acids is 1. The van der Waals surface area contributed by atoms with Crippen molar-refractivity contribution in [2.75, 3.05) is 19.6 Å². The average molecular weight is 291 g/mol. The standard InChI is InChI=1S/C14H17N3O4/c18-11-6-8-17(9-7-15-11)14(21)16-12(13(19)20)10-4-2-1-3-5-10/h1-5,12H,6-9H2,(H,15,18)(H,16,21)(H,19,20)/t12-/m0/s1. The second kappa shape index (κ2) is 6.74. The number of hydrogen-bond acceptors (Lipinski definition) is 3. The molecule has 7 heteroatoms. The summed E-state index contributed by atoms with van der Waals surface area (Å²) in [6.45, 7) is 1.01. The molecule has 1 aromatic rings. The minimum atomic E-state index is -1.13. The Morgan fingerprint density at radius 2 is 1.95 bits per heavy atom. The highest BCUT2D eigenvalue weighted by Crippen LogP contribution is 2.13. The van der Waals surface area contributed by atoms with E-state index in [9.17, 15) is 19.5 Å². The Labute approximate surface area is 121 Å². The maximum Gasteiger partial charge on any atom is 0.330 e. The fourth-order valence-corrected chi connectivity index (χ4v) is 2.12. The summed E-state index contributed by atoms with van der Waals surface area (Å²) in [5.41, 5.74) is 0.502. The van der Waals surface area contributed by atoms with E-state index < -0.39 is 18.0 Å². The maximum absolute atomic E-state index is 12.2. The first-order valence-electron chi connectivity index (χ1n) is 6.68. The van der Waals surface area contributed by atoms with Gasteiger partial charge in [-0.3, -0.25) is 4.79 Å². The molecule has 0 radical (unpaired) electrons. The van der Waals surface area contributed by atoms with E-state index >= 15 is 0 Å². The summed E-state index contributed by atoms with van der Waals surface area (Å²) in [6, 6.07) is 6.90. The number of rotatable bonds is 3. The van der Waals surface area contributed by atoms with Crippen LogP contribution in [0.25, 0.3) is 0 Å². The van der Waals surface area contributed by atoms with E-state index in [-0.39, 0.29) is 18.9 Å². The Morgan fingerprint density at radius 1 is 1.24 bits per heavy atom. The van der Waals surface area contributed by atoms with Crippen LogP contribution in [0, 0.1) is 0 Å². The lowest BCUT2D eigenvalue weighted by molar-refractivity contribution is -0.139. The number of carbonyl (C=O) groups is 3. The van der Waals surface area contributed by atoms with Crippen LogP contribution in [0.2, 0.25) is 0 Å². The van der Waals surface area contributed by atoms with Crippen molar-refractivity contribution in [3.05, 3.63) is 35.9 Å². The maximum atomic E-state index is 12.2. The molecular weight excluding hydrogens is 274 g/mol. The van der Waals surface area contributed by atoms with Gasteiger partial charge in [0.15, 0.2) is 6.04 Å². The molecule has 1 fully saturated rings. The third-order valence-corrected chi connectivity index (χ3v) is 3.25. The van der Waals surface area contributed by atoms with E-state index in [0.717, 1.165) is 0 Å². The normalized spacial score (nSPS) is 16.6. The van der Waals surface area contributed by atoms with Gasteiger partial charge >= 0.3 is 12.0 Å². The third kappa shape index (κ3) is 3.95. The molecule has 21 heavy (non-hydrogen) atoms. The van der Waals surface area contributed by atoms with E-state index in [1.54, 1.807) is 30.3 Å². The van der Waals surface area contributed by atoms with Crippen LogP contribution in [0.1, 0.15) is 18.0 Å². The van der Waals surface area contributed by atoms with Crippen molar-refractivity contribution < 1.29 is 19.5 Å². The Morgan fingerprint density at radius 3 is 2.62 bits per heavy atom. The molecule has 1 saturated heterocycles. The molecule has 2 rings (SSSR count). The van der Waals surface area contributed by atoms with Gasteiger partial charge in [0, 0.05) is 26.1 Å². The molecule has 1 aromatic carbocycles. The summed E-state index contributed by atoms with van der Waals surface area (Å²) in [6.07, 6.45) is 0.219. The average Bonchev–Trinajstić information content (AvgIpc) is 2.70. The van der Waals surface area contributed by atoms with Crippen LogP contribution in [0.3, 0.4) is 0 Å². The van der Waals surface area contributed by atoms with Gasteiger partial charge in [-0.15, -0.1) is 0 Å². The molecule has 1 aliphatic heterocycles. The summed E-state index contributed by atoms with van der Waals surface area (Å²) in [5, 5.41) is 14.4. The second-order valence-electron chi connectivity index (χ2n) is 4.72. The SMILES string of the molecule is O=C1CCN(C(=O)N[C@H](C(=O)O)c2ccccc2)CCN1. The Kier molecular flexibility index (Phi) is 4.76. The zero-order valence-corrected chi connectivity index (χ0v) is 11.4. The molecule has 3 amide bonds. The van der Waals surface area contributed by atoms with Crippen LogP contribution >= 0.6 is 0 Å². The Bertz CT molecular complexity index is 532. The van der Waals surface area contributed by atoms with Gasteiger partial charge < -0.3 is 20.6 Å². The molecule has 0 saturated carbocycles. The molecule has 1 heterocycles. The van der Waals surface area contributed by atoms with Crippen LogP contribution in [-0.4, -0.2) is 47.5 Å². The topological polar surface area (TPSA) is 98.7 Å². The highest BCUT2D eigenvalue weighted by Gasteiger charge is 2.25. The zero-order chi connectivity index (χ0) is 15.2. The van der Waals surface area contributed by atoms with E-state index in [1.165, 1.54) is 4.90 Å². The zero-order valence-electron chi connectivity index (χ0n) is 11.4. The van der Waals surface area contributed by atoms with Gasteiger partial charge in [-0.1, -0.05) is 30.3 Å². The molecule has 7 nitrogen and oxygen atoms in total. The molecule has 1 aliphatic rings. The molecule has 3 N–H and O–H groups in total. The highest BCUT2D eigenvalue weighted by molar-refractivity contribution is 5.84. The fourth-order valence-electron chi connectivity index (χ4n) is 2.12. The predicted molar refractivity (Wildman–Crippen MR) is 74.6 cm³/mol. The van der Waals surface area contributed by atoms with Crippen LogP contribution in [0.4, 0.5) is 4.79 Å². The van der Waals surface area contributed by atoms with E-state index in [0.29, 0.717) is 18.7 Å². The molecule has 0 spiro atoms. The number of amides is 3. The van der Waals surface area contributed by atoms with Gasteiger partial charge in [-0.05, 0) is 5.56 Å². The van der Waals surface area contributed by atoms with Crippen molar-refractivity contribution >= 4 is 17.9 Å². The van der Waals surface area contributed by atoms with Crippen molar-refractivity contribution in [1.29, 1.82) is 0 Å². The smallest absolute Gasteiger partial charge is 0.330 e. The highest BCUT2D eigenvalue weighted by atomic mass is 16.4. The lowest BCUT2D eigenvalue weighted by Crippen LogP contribution is -2.45. The van der Waals surface area contributed by atoms with E-state index in [1.807, 2.05) is 0 Å². The summed E-state index contributed by atoms with van der Waals surface area (Å²) in [7, 11) is 0. The lowest BCUT2D eigenvalue weighted by Gasteiger charge is -2.23. The van der Waals surface area contributed by atoms with Crippen molar-refractivity contribution in [3.8, 4) is 0 Å². The van der Waals surface area contributed by atoms with Gasteiger partial charge in [-0.25, -0.2) is 9.59 Å². The predicted octanol–water partition coefficient (Wildman–Crippen LogP) is 0.344. The molecule has 0 aromatic heterocycles. The number of carboxylic acid groups (broad SMARTS) is 1. The largest absolute Gasteiger partial charge is 0.479 e. The first kappa shape index (κ1) is 14.8. The molecule has 0 aliphatic carbocycles. The number of carboxylic acids is 1. The molecule has 0 bridgehead atoms. The second-order valence-corrected chi connectivity index (χ2v) is 4.72.